The number of carbonyl (C=O) groups is 5. The summed E-state index contributed by atoms with van der Waals surface area (Å²) in [6.45, 7) is 2.71. The van der Waals surface area contributed by atoms with Crippen molar-refractivity contribution in [3.8, 4) is 0 Å². The van der Waals surface area contributed by atoms with Crippen LogP contribution in [0.1, 0.15) is 39.5 Å². The van der Waals surface area contributed by atoms with E-state index in [4.69, 9.17) is 9.68 Å². The Bertz CT molecular complexity index is 539. The van der Waals surface area contributed by atoms with Crippen LogP contribution in [0.5, 0.6) is 0 Å². The second kappa shape index (κ2) is 5.74. The highest BCUT2D eigenvalue weighted by molar-refractivity contribution is 6.04. The van der Waals surface area contributed by atoms with Gasteiger partial charge in [-0.3, -0.25) is 14.4 Å². The first-order valence-electron chi connectivity index (χ1n) is 6.84. The third-order valence-electron chi connectivity index (χ3n) is 3.42. The molecule has 0 bridgehead atoms. The average molecular weight is 312 g/mol. The molecule has 0 radical (unpaired) electrons. The van der Waals surface area contributed by atoms with Gasteiger partial charge < -0.3 is 9.68 Å². The van der Waals surface area contributed by atoms with Crippen LogP contribution in [0.3, 0.4) is 0 Å². The molecule has 0 aromatic heterocycles. The van der Waals surface area contributed by atoms with Crippen LogP contribution in [0.4, 0.5) is 0 Å². The van der Waals surface area contributed by atoms with E-state index in [1.54, 1.807) is 0 Å². The van der Waals surface area contributed by atoms with E-state index in [1.165, 1.54) is 13.8 Å². The molecule has 0 aromatic rings. The SMILES string of the molecule is CC(C)(C(=O)ON1CCCC1=O)C(=O)ON1C(=O)CCC1=O. The fourth-order valence-corrected chi connectivity index (χ4v) is 1.87. The van der Waals surface area contributed by atoms with Crippen molar-refractivity contribution in [2.45, 2.75) is 39.5 Å². The Labute approximate surface area is 126 Å². The second-order valence-electron chi connectivity index (χ2n) is 5.56. The normalized spacial score (nSPS) is 18.9. The summed E-state index contributed by atoms with van der Waals surface area (Å²) in [6, 6.07) is 0. The number of hydrogen-bond donors (Lipinski definition) is 0. The third kappa shape index (κ3) is 2.92. The molecule has 0 aliphatic carbocycles. The number of amides is 3. The van der Waals surface area contributed by atoms with Crippen molar-refractivity contribution in [1.29, 1.82) is 0 Å². The summed E-state index contributed by atoms with van der Waals surface area (Å²) in [4.78, 5) is 67.9. The van der Waals surface area contributed by atoms with Crippen LogP contribution in [0.25, 0.3) is 0 Å². The minimum Gasteiger partial charge on any atom is -0.337 e. The van der Waals surface area contributed by atoms with Gasteiger partial charge in [0.05, 0.1) is 6.54 Å². The number of hydroxylamine groups is 4. The summed E-state index contributed by atoms with van der Waals surface area (Å²) < 4.78 is 0. The zero-order chi connectivity index (χ0) is 16.5. The van der Waals surface area contributed by atoms with Gasteiger partial charge in [-0.2, -0.15) is 5.06 Å². The van der Waals surface area contributed by atoms with E-state index in [0.29, 0.717) is 11.5 Å². The van der Waals surface area contributed by atoms with E-state index in [0.717, 1.165) is 5.06 Å². The first-order valence-corrected chi connectivity index (χ1v) is 6.84. The molecule has 2 aliphatic heterocycles. The van der Waals surface area contributed by atoms with E-state index in [-0.39, 0.29) is 31.7 Å². The lowest BCUT2D eigenvalue weighted by Gasteiger charge is -2.24. The van der Waals surface area contributed by atoms with E-state index >= 15 is 0 Å². The van der Waals surface area contributed by atoms with E-state index in [2.05, 4.69) is 0 Å². The highest BCUT2D eigenvalue weighted by atomic mass is 16.7. The zero-order valence-corrected chi connectivity index (χ0v) is 12.3. The first kappa shape index (κ1) is 15.9. The molecule has 2 aliphatic rings. The minimum absolute atomic E-state index is 0.0424. The van der Waals surface area contributed by atoms with Gasteiger partial charge >= 0.3 is 11.9 Å². The number of carbonyl (C=O) groups excluding carboxylic acids is 5. The molecule has 0 spiro atoms. The summed E-state index contributed by atoms with van der Waals surface area (Å²) in [7, 11) is 0. The Balaban J connectivity index is 2.00. The summed E-state index contributed by atoms with van der Waals surface area (Å²) in [5, 5.41) is 1.25. The van der Waals surface area contributed by atoms with Crippen LogP contribution in [-0.4, -0.2) is 46.3 Å². The molecule has 0 saturated carbocycles. The van der Waals surface area contributed by atoms with Gasteiger partial charge in [0.15, 0.2) is 5.41 Å². The van der Waals surface area contributed by atoms with Crippen LogP contribution in [0, 0.1) is 5.41 Å². The fraction of sp³-hybridized carbons (Fsp3) is 0.615. The van der Waals surface area contributed by atoms with Gasteiger partial charge in [-0.05, 0) is 20.3 Å². The van der Waals surface area contributed by atoms with Crippen molar-refractivity contribution in [2.24, 2.45) is 5.41 Å². The van der Waals surface area contributed by atoms with E-state index in [1.807, 2.05) is 0 Å². The molecule has 0 aromatic carbocycles. The minimum atomic E-state index is -1.77. The number of rotatable bonds is 4. The topological polar surface area (TPSA) is 110 Å². The smallest absolute Gasteiger partial charge is 0.337 e. The Morgan fingerprint density at radius 3 is 1.95 bits per heavy atom. The molecular formula is C13H16N2O7. The standard InChI is InChI=1S/C13H16N2O7/c1-13(2,11(19)21-14-7-3-4-8(14)16)12(20)22-15-9(17)5-6-10(15)18/h3-7H2,1-2H3. The molecule has 2 heterocycles. The lowest BCUT2D eigenvalue weighted by atomic mass is 9.94. The summed E-state index contributed by atoms with van der Waals surface area (Å²) in [6.07, 6.45) is 0.751. The van der Waals surface area contributed by atoms with Gasteiger partial charge in [-0.15, -0.1) is 5.06 Å². The predicted octanol–water partition coefficient (Wildman–Crippen LogP) is -0.300. The number of nitrogens with zero attached hydrogens (tertiary/aromatic N) is 2. The largest absolute Gasteiger partial charge is 0.349 e. The molecule has 0 unspecified atom stereocenters. The van der Waals surface area contributed by atoms with Gasteiger partial charge in [-0.1, -0.05) is 0 Å². The van der Waals surface area contributed by atoms with Crippen LogP contribution in [0.15, 0.2) is 0 Å². The van der Waals surface area contributed by atoms with E-state index < -0.39 is 29.2 Å². The van der Waals surface area contributed by atoms with E-state index in [9.17, 15) is 24.0 Å². The van der Waals surface area contributed by atoms with Crippen molar-refractivity contribution in [1.82, 2.24) is 10.1 Å². The number of hydrogen-bond acceptors (Lipinski definition) is 7. The van der Waals surface area contributed by atoms with Crippen LogP contribution in [-0.2, 0) is 33.6 Å². The van der Waals surface area contributed by atoms with Crippen molar-refractivity contribution in [2.75, 3.05) is 6.54 Å². The van der Waals surface area contributed by atoms with Gasteiger partial charge in [0.25, 0.3) is 17.7 Å². The molecule has 120 valence electrons. The van der Waals surface area contributed by atoms with Crippen molar-refractivity contribution >= 4 is 29.7 Å². The molecule has 3 amide bonds. The molecular weight excluding hydrogens is 296 g/mol. The van der Waals surface area contributed by atoms with Gasteiger partial charge in [0.2, 0.25) is 0 Å². The maximum Gasteiger partial charge on any atom is 0.349 e. The second-order valence-corrected chi connectivity index (χ2v) is 5.56. The Hall–Kier alpha value is -2.45. The van der Waals surface area contributed by atoms with Crippen LogP contribution in [0.2, 0.25) is 0 Å². The summed E-state index contributed by atoms with van der Waals surface area (Å²) >= 11 is 0. The molecule has 2 fully saturated rings. The monoisotopic (exact) mass is 312 g/mol. The lowest BCUT2D eigenvalue weighted by molar-refractivity contribution is -0.216. The highest BCUT2D eigenvalue weighted by Crippen LogP contribution is 2.24. The average Bonchev–Trinajstić information content (AvgIpc) is 2.99. The van der Waals surface area contributed by atoms with Gasteiger partial charge in [-0.25, -0.2) is 9.59 Å². The van der Waals surface area contributed by atoms with Gasteiger partial charge in [0.1, 0.15) is 0 Å². The van der Waals surface area contributed by atoms with Crippen molar-refractivity contribution in [3.05, 3.63) is 0 Å². The third-order valence-corrected chi connectivity index (χ3v) is 3.42. The Morgan fingerprint density at radius 1 is 0.909 bits per heavy atom. The maximum absolute atomic E-state index is 12.0. The van der Waals surface area contributed by atoms with Crippen molar-refractivity contribution in [3.63, 3.8) is 0 Å². The molecule has 2 saturated heterocycles. The molecule has 2 rings (SSSR count). The Morgan fingerprint density at radius 2 is 1.45 bits per heavy atom. The van der Waals surface area contributed by atoms with Crippen molar-refractivity contribution < 1.29 is 33.6 Å². The number of imide groups is 1. The van der Waals surface area contributed by atoms with Crippen LogP contribution < -0.4 is 0 Å². The van der Waals surface area contributed by atoms with Gasteiger partial charge in [0, 0.05) is 19.3 Å². The lowest BCUT2D eigenvalue weighted by Crippen LogP contribution is -2.44. The maximum atomic E-state index is 12.0. The molecule has 0 N–H and O–H groups in total. The predicted molar refractivity (Wildman–Crippen MR) is 68.0 cm³/mol. The Kier molecular flexibility index (Phi) is 4.16. The fourth-order valence-electron chi connectivity index (χ4n) is 1.87. The summed E-state index contributed by atoms with van der Waals surface area (Å²) in [5.41, 5.74) is -1.77. The molecule has 22 heavy (non-hydrogen) atoms. The molecule has 9 heteroatoms. The summed E-state index contributed by atoms with van der Waals surface area (Å²) in [5.74, 6) is -3.73. The van der Waals surface area contributed by atoms with Crippen LogP contribution >= 0.6 is 0 Å². The molecule has 0 atom stereocenters. The molecule has 9 nitrogen and oxygen atoms in total. The zero-order valence-electron chi connectivity index (χ0n) is 12.3. The highest BCUT2D eigenvalue weighted by Gasteiger charge is 2.45. The quantitative estimate of drug-likeness (QED) is 0.517. The first-order chi connectivity index (χ1) is 10.2.